The molecule has 240 valence electrons. The molecule has 4 heterocycles. The van der Waals surface area contributed by atoms with E-state index in [2.05, 4.69) is 60.4 Å². The van der Waals surface area contributed by atoms with Crippen LogP contribution in [0.5, 0.6) is 0 Å². The summed E-state index contributed by atoms with van der Waals surface area (Å²) in [5.74, 6) is -2.23. The lowest BCUT2D eigenvalue weighted by Crippen LogP contribution is -2.66. The smallest absolute Gasteiger partial charge is 0.358 e. The predicted octanol–water partition coefficient (Wildman–Crippen LogP) is 2.38. The van der Waals surface area contributed by atoms with Gasteiger partial charge in [0.2, 0.25) is 0 Å². The molecule has 3 fully saturated rings. The fourth-order valence-corrected chi connectivity index (χ4v) is 17.3. The Balaban J connectivity index is 1.73. The summed E-state index contributed by atoms with van der Waals surface area (Å²) in [6.45, 7) is 16.0. The molecule has 1 unspecified atom stereocenters. The summed E-state index contributed by atoms with van der Waals surface area (Å²) in [4.78, 5) is 68.6. The van der Waals surface area contributed by atoms with Gasteiger partial charge in [-0.1, -0.05) is 55.4 Å². The van der Waals surface area contributed by atoms with Crippen LogP contribution in [0.3, 0.4) is 0 Å². The zero-order valence-corrected chi connectivity index (χ0v) is 28.0. The minimum Gasteiger partial charge on any atom is -0.414 e. The van der Waals surface area contributed by atoms with E-state index in [1.165, 1.54) is 16.8 Å². The third kappa shape index (κ3) is 6.36. The number of imide groups is 1. The van der Waals surface area contributed by atoms with E-state index in [9.17, 15) is 24.0 Å². The summed E-state index contributed by atoms with van der Waals surface area (Å²) in [5, 5.41) is 0.440. The van der Waals surface area contributed by atoms with E-state index in [0.717, 1.165) is 0 Å². The molecule has 1 N–H and O–H groups in total. The molecule has 16 heteroatoms. The largest absolute Gasteiger partial charge is 0.414 e. The fourth-order valence-electron chi connectivity index (χ4n) is 6.10. The van der Waals surface area contributed by atoms with Crippen molar-refractivity contribution in [1.29, 1.82) is 0 Å². The van der Waals surface area contributed by atoms with Gasteiger partial charge in [0.25, 0.3) is 17.4 Å². The molecular formula is C27H43N3O11Si2. The predicted molar refractivity (Wildman–Crippen MR) is 156 cm³/mol. The molecule has 1 aromatic heterocycles. The van der Waals surface area contributed by atoms with Crippen molar-refractivity contribution in [3.8, 4) is 0 Å². The van der Waals surface area contributed by atoms with E-state index in [1.54, 1.807) is 0 Å². The minimum absolute atomic E-state index is 0.0214. The number of fused-ring (bicyclic) bond motifs is 1. The second-order valence-electron chi connectivity index (χ2n) is 12.5. The molecule has 2 amide bonds. The highest BCUT2D eigenvalue weighted by Crippen LogP contribution is 2.48. The van der Waals surface area contributed by atoms with E-state index in [-0.39, 0.29) is 41.6 Å². The first-order valence-electron chi connectivity index (χ1n) is 14.8. The van der Waals surface area contributed by atoms with E-state index in [0.29, 0.717) is 5.06 Å². The molecule has 4 rings (SSSR count). The topological polar surface area (TPSA) is 165 Å². The Morgan fingerprint density at radius 3 is 2.07 bits per heavy atom. The van der Waals surface area contributed by atoms with Gasteiger partial charge in [-0.3, -0.25) is 23.9 Å². The van der Waals surface area contributed by atoms with Gasteiger partial charge in [0, 0.05) is 25.1 Å². The molecule has 14 nitrogen and oxygen atoms in total. The summed E-state index contributed by atoms with van der Waals surface area (Å²) in [7, 11) is -6.04. The van der Waals surface area contributed by atoms with Crippen LogP contribution in [0.25, 0.3) is 0 Å². The van der Waals surface area contributed by atoms with Gasteiger partial charge in [0.1, 0.15) is 24.9 Å². The van der Waals surface area contributed by atoms with Crippen LogP contribution in [-0.4, -0.2) is 81.0 Å². The van der Waals surface area contributed by atoms with E-state index >= 15 is 0 Å². The number of amides is 2. The number of hydrogen-bond donors (Lipinski definition) is 1. The number of nitrogens with one attached hydrogen (secondary N) is 1. The number of carbonyl (C=O) groups is 3. The molecule has 3 aliphatic heterocycles. The van der Waals surface area contributed by atoms with Crippen LogP contribution in [0.2, 0.25) is 22.2 Å². The number of aromatic nitrogens is 2. The van der Waals surface area contributed by atoms with Crippen LogP contribution >= 0.6 is 0 Å². The van der Waals surface area contributed by atoms with Gasteiger partial charge in [-0.2, -0.15) is 0 Å². The molecule has 0 bridgehead atoms. The Morgan fingerprint density at radius 1 is 0.953 bits per heavy atom. The Bertz CT molecular complexity index is 1300. The van der Waals surface area contributed by atoms with E-state index in [1.807, 2.05) is 0 Å². The fraction of sp³-hybridized carbons (Fsp3) is 0.741. The normalized spacial score (nSPS) is 27.2. The zero-order chi connectivity index (χ0) is 31.9. The van der Waals surface area contributed by atoms with Crippen molar-refractivity contribution in [3.05, 3.63) is 33.1 Å². The third-order valence-corrected chi connectivity index (χ3v) is 18.6. The number of hydrogen-bond acceptors (Lipinski definition) is 11. The molecule has 0 radical (unpaired) electrons. The number of rotatable bonds is 9. The first kappa shape index (κ1) is 33.4. The maximum absolute atomic E-state index is 12.9. The molecule has 0 aromatic carbocycles. The Morgan fingerprint density at radius 2 is 1.53 bits per heavy atom. The molecule has 3 saturated heterocycles. The van der Waals surface area contributed by atoms with Crippen molar-refractivity contribution in [1.82, 2.24) is 14.6 Å². The monoisotopic (exact) mass is 641 g/mol. The number of H-pyrrole nitrogens is 1. The Kier molecular flexibility index (Phi) is 10.00. The number of hydroxylamine groups is 2. The quantitative estimate of drug-likeness (QED) is 0.311. The van der Waals surface area contributed by atoms with Gasteiger partial charge in [-0.05, 0) is 22.2 Å². The lowest BCUT2D eigenvalue weighted by Gasteiger charge is -2.51. The third-order valence-electron chi connectivity index (χ3n) is 8.33. The molecular weight excluding hydrogens is 598 g/mol. The Labute approximate surface area is 252 Å². The molecule has 1 aromatic rings. The standard InChI is InChI=1S/C27H43N3O11Si2/c1-15(2)42(16(3)4)37-13-19-24(40-43(41-42,17(5)6)18(7)8)25(26(38-19)29-12-11-20(31)28-27(29)35)36-14-23(34)39-30-21(32)9-10-22(30)33/h11-12,15-19,24-26H,9-10,13-14H2,1-8H3,(H,28,31,35)/t19-,24?,25+,26-/m1/s1. The van der Waals surface area contributed by atoms with Crippen LogP contribution in [0.4, 0.5) is 0 Å². The summed E-state index contributed by atoms with van der Waals surface area (Å²) in [6, 6.07) is 1.18. The van der Waals surface area contributed by atoms with Crippen LogP contribution < -0.4 is 11.2 Å². The van der Waals surface area contributed by atoms with E-state index in [4.69, 9.17) is 27.3 Å². The lowest BCUT2D eigenvalue weighted by atomic mass is 10.1. The van der Waals surface area contributed by atoms with Crippen molar-refractivity contribution in [2.45, 2.75) is 115 Å². The van der Waals surface area contributed by atoms with Gasteiger partial charge in [0.05, 0.1) is 6.61 Å². The Hall–Kier alpha value is -2.48. The summed E-state index contributed by atoms with van der Waals surface area (Å²) >= 11 is 0. The highest BCUT2D eigenvalue weighted by Gasteiger charge is 2.62. The molecule has 0 spiro atoms. The number of aromatic amines is 1. The van der Waals surface area contributed by atoms with Crippen LogP contribution in [-0.2, 0) is 41.7 Å². The SMILES string of the molecule is CC(C)[Si]1(C(C)C)OC[C@H]2O[C@@H](n3ccc(=O)[nH]c3=O)[C@@H](OCC(=O)ON3C(=O)CCC3=O)C2O[Si](C(C)C)(C(C)C)O1. The van der Waals surface area contributed by atoms with Gasteiger partial charge in [-0.15, -0.1) is 5.06 Å². The van der Waals surface area contributed by atoms with Gasteiger partial charge >= 0.3 is 28.8 Å². The maximum Gasteiger partial charge on any atom is 0.358 e. The van der Waals surface area contributed by atoms with Gasteiger partial charge < -0.3 is 27.3 Å². The molecule has 4 atom stereocenters. The summed E-state index contributed by atoms with van der Waals surface area (Å²) < 4.78 is 34.7. The van der Waals surface area contributed by atoms with Crippen LogP contribution in [0, 0.1) is 0 Å². The summed E-state index contributed by atoms with van der Waals surface area (Å²) in [5.41, 5.74) is -1.19. The number of carbonyl (C=O) groups excluding carboxylic acids is 3. The number of ether oxygens (including phenoxy) is 2. The average Bonchev–Trinajstić information content (AvgIpc) is 3.40. The van der Waals surface area contributed by atoms with Crippen molar-refractivity contribution in [2.75, 3.05) is 13.2 Å². The van der Waals surface area contributed by atoms with Crippen LogP contribution in [0.1, 0.15) is 74.5 Å². The van der Waals surface area contributed by atoms with Gasteiger partial charge in [-0.25, -0.2) is 9.59 Å². The van der Waals surface area contributed by atoms with Crippen molar-refractivity contribution < 1.29 is 41.7 Å². The average molecular weight is 642 g/mol. The second-order valence-corrected chi connectivity index (χ2v) is 21.3. The minimum atomic E-state index is -3.15. The van der Waals surface area contributed by atoms with Crippen LogP contribution in [0.15, 0.2) is 21.9 Å². The lowest BCUT2D eigenvalue weighted by molar-refractivity contribution is -0.203. The van der Waals surface area contributed by atoms with Crippen molar-refractivity contribution >= 4 is 34.9 Å². The molecule has 3 aliphatic rings. The highest BCUT2D eigenvalue weighted by atomic mass is 28.5. The molecule has 0 saturated carbocycles. The first-order chi connectivity index (χ1) is 20.1. The van der Waals surface area contributed by atoms with Crippen molar-refractivity contribution in [3.63, 3.8) is 0 Å². The first-order valence-corrected chi connectivity index (χ1v) is 18.7. The second kappa shape index (κ2) is 12.9. The number of nitrogens with zero attached hydrogens (tertiary/aromatic N) is 2. The van der Waals surface area contributed by atoms with Crippen molar-refractivity contribution in [2.24, 2.45) is 0 Å². The maximum atomic E-state index is 12.9. The summed E-state index contributed by atoms with van der Waals surface area (Å²) in [6.07, 6.45) is -2.55. The zero-order valence-electron chi connectivity index (χ0n) is 26.0. The van der Waals surface area contributed by atoms with Gasteiger partial charge in [0.15, 0.2) is 6.23 Å². The molecule has 43 heavy (non-hydrogen) atoms. The molecule has 0 aliphatic carbocycles. The van der Waals surface area contributed by atoms with E-state index < -0.39 is 77.3 Å². The highest BCUT2D eigenvalue weighted by molar-refractivity contribution is 6.84.